The van der Waals surface area contributed by atoms with Crippen LogP contribution in [0, 0.1) is 0 Å². The van der Waals surface area contributed by atoms with E-state index >= 15 is 0 Å². The number of methoxy groups -OCH3 is 1. The zero-order chi connectivity index (χ0) is 20.3. The number of allylic oxidation sites excluding steroid dienone is 2. The van der Waals surface area contributed by atoms with Crippen molar-refractivity contribution in [2.75, 3.05) is 33.5 Å². The van der Waals surface area contributed by atoms with Crippen molar-refractivity contribution in [2.24, 2.45) is 0 Å². The fourth-order valence-electron chi connectivity index (χ4n) is 3.99. The van der Waals surface area contributed by atoms with Crippen LogP contribution in [0.15, 0.2) is 36.4 Å². The zero-order valence-corrected chi connectivity index (χ0v) is 17.9. The van der Waals surface area contributed by atoms with Crippen molar-refractivity contribution in [3.05, 3.63) is 42.0 Å². The highest BCUT2D eigenvalue weighted by Gasteiger charge is 2.27. The van der Waals surface area contributed by atoms with Gasteiger partial charge in [0.1, 0.15) is 5.75 Å². The molecule has 0 aliphatic carbocycles. The van der Waals surface area contributed by atoms with Crippen LogP contribution in [-0.2, 0) is 18.9 Å². The van der Waals surface area contributed by atoms with Gasteiger partial charge < -0.3 is 23.7 Å². The largest absolute Gasteiger partial charge is 0.497 e. The first-order valence-corrected chi connectivity index (χ1v) is 11.0. The minimum absolute atomic E-state index is 0.180. The maximum Gasteiger partial charge on any atom is 0.164 e. The van der Waals surface area contributed by atoms with Gasteiger partial charge in [0, 0.05) is 5.92 Å². The van der Waals surface area contributed by atoms with Crippen LogP contribution in [0.2, 0.25) is 0 Å². The second kappa shape index (κ2) is 12.3. The number of ether oxygens (including phenoxy) is 5. The van der Waals surface area contributed by atoms with Gasteiger partial charge in [-0.3, -0.25) is 0 Å². The molecule has 3 atom stereocenters. The summed E-state index contributed by atoms with van der Waals surface area (Å²) in [6.07, 6.45) is 11.5. The third-order valence-electron chi connectivity index (χ3n) is 5.69. The van der Waals surface area contributed by atoms with Gasteiger partial charge in [0.05, 0.1) is 45.7 Å². The van der Waals surface area contributed by atoms with Crippen LogP contribution in [0.25, 0.3) is 0 Å². The SMILES string of the molecule is COc1cccc(C(CC=CCCCC2CCC(C)OCCO2)C2OCCO2)c1. The van der Waals surface area contributed by atoms with E-state index < -0.39 is 0 Å². The highest BCUT2D eigenvalue weighted by molar-refractivity contribution is 5.31. The van der Waals surface area contributed by atoms with E-state index in [0.717, 1.165) is 44.3 Å². The topological polar surface area (TPSA) is 46.2 Å². The molecule has 0 aromatic heterocycles. The van der Waals surface area contributed by atoms with Crippen LogP contribution in [0.3, 0.4) is 0 Å². The molecule has 0 saturated carbocycles. The van der Waals surface area contributed by atoms with Gasteiger partial charge in [0.25, 0.3) is 0 Å². The summed E-state index contributed by atoms with van der Waals surface area (Å²) < 4.78 is 28.6. The van der Waals surface area contributed by atoms with E-state index in [4.69, 9.17) is 23.7 Å². The lowest BCUT2D eigenvalue weighted by Crippen LogP contribution is -2.24. The van der Waals surface area contributed by atoms with Crippen LogP contribution in [-0.4, -0.2) is 52.0 Å². The van der Waals surface area contributed by atoms with E-state index in [-0.39, 0.29) is 12.2 Å². The molecular weight excluding hydrogens is 368 g/mol. The number of unbranched alkanes of at least 4 members (excludes halogenated alkanes) is 1. The van der Waals surface area contributed by atoms with Crippen LogP contribution < -0.4 is 4.74 Å². The molecule has 2 aliphatic rings. The summed E-state index contributed by atoms with van der Waals surface area (Å²) in [4.78, 5) is 0. The Kier molecular flexibility index (Phi) is 9.48. The van der Waals surface area contributed by atoms with E-state index in [1.54, 1.807) is 7.11 Å². The summed E-state index contributed by atoms with van der Waals surface area (Å²) in [6, 6.07) is 8.21. The molecule has 3 rings (SSSR count). The molecule has 0 amide bonds. The van der Waals surface area contributed by atoms with E-state index in [1.165, 1.54) is 5.56 Å². The van der Waals surface area contributed by atoms with E-state index in [9.17, 15) is 0 Å². The molecule has 2 aliphatic heterocycles. The fraction of sp³-hybridized carbons (Fsp3) is 0.667. The first-order valence-electron chi connectivity index (χ1n) is 11.0. The zero-order valence-electron chi connectivity index (χ0n) is 17.9. The highest BCUT2D eigenvalue weighted by atomic mass is 16.7. The lowest BCUT2D eigenvalue weighted by Gasteiger charge is -2.24. The summed E-state index contributed by atoms with van der Waals surface area (Å²) >= 11 is 0. The normalized spacial score (nSPS) is 25.0. The molecule has 29 heavy (non-hydrogen) atoms. The second-order valence-corrected chi connectivity index (χ2v) is 7.88. The van der Waals surface area contributed by atoms with Crippen LogP contribution >= 0.6 is 0 Å². The van der Waals surface area contributed by atoms with Gasteiger partial charge >= 0.3 is 0 Å². The van der Waals surface area contributed by atoms with Gasteiger partial charge in [0.15, 0.2) is 6.29 Å². The molecule has 2 heterocycles. The Hall–Kier alpha value is -1.40. The van der Waals surface area contributed by atoms with Crippen molar-refractivity contribution >= 4 is 0 Å². The summed E-state index contributed by atoms with van der Waals surface area (Å²) in [6.45, 7) is 4.92. The maximum absolute atomic E-state index is 5.93. The molecule has 1 aromatic rings. The molecule has 0 bridgehead atoms. The Morgan fingerprint density at radius 3 is 2.66 bits per heavy atom. The predicted molar refractivity (Wildman–Crippen MR) is 113 cm³/mol. The van der Waals surface area contributed by atoms with Crippen molar-refractivity contribution in [2.45, 2.75) is 69.9 Å². The summed E-state index contributed by atoms with van der Waals surface area (Å²) in [5, 5.41) is 0. The first kappa shape index (κ1) is 22.3. The van der Waals surface area contributed by atoms with Crippen molar-refractivity contribution in [3.63, 3.8) is 0 Å². The molecule has 2 saturated heterocycles. The minimum atomic E-state index is -0.181. The van der Waals surface area contributed by atoms with Crippen molar-refractivity contribution in [3.8, 4) is 5.75 Å². The minimum Gasteiger partial charge on any atom is -0.497 e. The lowest BCUT2D eigenvalue weighted by atomic mass is 9.94. The number of hydrogen-bond donors (Lipinski definition) is 0. The Morgan fingerprint density at radius 1 is 1.03 bits per heavy atom. The van der Waals surface area contributed by atoms with Crippen LogP contribution in [0.4, 0.5) is 0 Å². The molecule has 2 fully saturated rings. The van der Waals surface area contributed by atoms with Crippen molar-refractivity contribution < 1.29 is 23.7 Å². The number of rotatable bonds is 9. The number of benzene rings is 1. The molecule has 0 N–H and O–H groups in total. The third kappa shape index (κ3) is 7.41. The van der Waals surface area contributed by atoms with Gasteiger partial charge in [-0.15, -0.1) is 0 Å². The van der Waals surface area contributed by atoms with Gasteiger partial charge in [-0.2, -0.15) is 0 Å². The summed E-state index contributed by atoms with van der Waals surface area (Å²) in [5.74, 6) is 1.05. The quantitative estimate of drug-likeness (QED) is 0.435. The monoisotopic (exact) mass is 404 g/mol. The molecule has 0 radical (unpaired) electrons. The van der Waals surface area contributed by atoms with E-state index in [1.807, 2.05) is 12.1 Å². The van der Waals surface area contributed by atoms with Gasteiger partial charge in [0.2, 0.25) is 0 Å². The van der Waals surface area contributed by atoms with Crippen LogP contribution in [0.1, 0.15) is 56.9 Å². The second-order valence-electron chi connectivity index (χ2n) is 7.88. The van der Waals surface area contributed by atoms with Gasteiger partial charge in [-0.05, 0) is 63.1 Å². The molecule has 5 nitrogen and oxygen atoms in total. The Labute approximate surface area is 175 Å². The van der Waals surface area contributed by atoms with E-state index in [0.29, 0.717) is 38.6 Å². The van der Waals surface area contributed by atoms with Crippen LogP contribution in [0.5, 0.6) is 5.75 Å². The molecule has 162 valence electrons. The Balaban J connectivity index is 1.45. The molecule has 1 aromatic carbocycles. The molecule has 3 unspecified atom stereocenters. The third-order valence-corrected chi connectivity index (χ3v) is 5.69. The predicted octanol–water partition coefficient (Wildman–Crippen LogP) is 4.85. The smallest absolute Gasteiger partial charge is 0.164 e. The first-order chi connectivity index (χ1) is 14.3. The van der Waals surface area contributed by atoms with E-state index in [2.05, 4.69) is 31.2 Å². The fourth-order valence-corrected chi connectivity index (χ4v) is 3.99. The highest BCUT2D eigenvalue weighted by Crippen LogP contribution is 2.31. The average Bonchev–Trinajstić information content (AvgIpc) is 3.26. The lowest BCUT2D eigenvalue weighted by molar-refractivity contribution is -0.0604. The summed E-state index contributed by atoms with van der Waals surface area (Å²) in [7, 11) is 1.70. The Morgan fingerprint density at radius 2 is 1.83 bits per heavy atom. The van der Waals surface area contributed by atoms with Gasteiger partial charge in [-0.1, -0.05) is 24.3 Å². The van der Waals surface area contributed by atoms with Gasteiger partial charge in [-0.25, -0.2) is 0 Å². The number of hydrogen-bond acceptors (Lipinski definition) is 5. The van der Waals surface area contributed by atoms with Crippen molar-refractivity contribution in [1.82, 2.24) is 0 Å². The standard InChI is InChI=1S/C24H36O5/c1-19-12-13-21(27-15-14-26-19)9-5-3-4-6-11-23(24-28-16-17-29-24)20-8-7-10-22(18-20)25-2/h4,6-8,10,18-19,21,23-24H,3,5,9,11-17H2,1-2H3. The molecule has 0 spiro atoms. The molecular formula is C24H36O5. The molecule has 5 heteroatoms. The summed E-state index contributed by atoms with van der Waals surface area (Å²) in [5.41, 5.74) is 1.19. The van der Waals surface area contributed by atoms with Crippen molar-refractivity contribution in [1.29, 1.82) is 0 Å². The Bertz CT molecular complexity index is 611. The maximum atomic E-state index is 5.93. The average molecular weight is 405 g/mol.